The van der Waals surface area contributed by atoms with Gasteiger partial charge in [-0.3, -0.25) is 19.9 Å². The van der Waals surface area contributed by atoms with Crippen LogP contribution < -0.4 is 56.8 Å². The summed E-state index contributed by atoms with van der Waals surface area (Å²) in [6.07, 6.45) is 60.1. The fourth-order valence-corrected chi connectivity index (χ4v) is 18.1. The molecule has 0 fully saturated rings. The normalized spacial score (nSPS) is 16.0. The lowest BCUT2D eigenvalue weighted by atomic mass is 9.75. The Kier molecular flexibility index (Phi) is 33.9. The minimum absolute atomic E-state index is 0.184. The van der Waals surface area contributed by atoms with Crippen LogP contribution in [0.2, 0.25) is 0 Å². The number of rotatable bonds is 52. The van der Waals surface area contributed by atoms with E-state index in [0.29, 0.717) is 69.0 Å². The summed E-state index contributed by atoms with van der Waals surface area (Å²) in [7, 11) is 0. The second kappa shape index (κ2) is 46.3. The number of unbranched alkanes of at least 4 members (excludes halogenated alkanes) is 32. The molecule has 8 bridgehead atoms. The number of benzene rings is 4. The maximum atomic E-state index is 7.49. The van der Waals surface area contributed by atoms with Crippen LogP contribution in [0.3, 0.4) is 0 Å². The van der Waals surface area contributed by atoms with Crippen molar-refractivity contribution >= 4 is 0 Å². The molecule has 0 atom stereocenters. The third kappa shape index (κ3) is 22.9. The minimum atomic E-state index is -0.341. The summed E-state index contributed by atoms with van der Waals surface area (Å²) >= 11 is 0. The second-order valence-electron chi connectivity index (χ2n) is 33.1. The van der Waals surface area contributed by atoms with E-state index < -0.39 is 0 Å². The summed E-state index contributed by atoms with van der Waals surface area (Å²) in [6, 6.07) is 26.0. The average Bonchev–Trinajstić information content (AvgIpc) is 0.720. The largest absolute Gasteiger partial charge is 0.482 e. The van der Waals surface area contributed by atoms with Crippen molar-refractivity contribution in [3.8, 4) is 69.0 Å². The van der Waals surface area contributed by atoms with Gasteiger partial charge in [0.15, 0.2) is 46.0 Å². The summed E-state index contributed by atoms with van der Waals surface area (Å²) in [5.74, 6) is 5.38. The Hall–Kier alpha value is -8.92. The molecule has 4 aromatic heterocycles. The van der Waals surface area contributed by atoms with Gasteiger partial charge in [-0.15, -0.1) is 0 Å². The Labute approximate surface area is 692 Å². The molecule has 13 rings (SSSR count). The first-order valence-corrected chi connectivity index (χ1v) is 45.4. The first kappa shape index (κ1) is 85.0. The maximum Gasteiger partial charge on any atom is 0.231 e. The molecule has 0 saturated heterocycles. The Morgan fingerprint density at radius 3 is 0.543 bits per heavy atom. The highest BCUT2D eigenvalue weighted by atomic mass is 16.7. The number of hydrogen-bond donors (Lipinski definition) is 0. The predicted octanol–water partition coefficient (Wildman–Crippen LogP) is 27.0. The molecular formula is C100H132N4O12. The highest BCUT2D eigenvalue weighted by Gasteiger charge is 2.43. The fourth-order valence-electron chi connectivity index (χ4n) is 18.1. The van der Waals surface area contributed by atoms with E-state index in [1.165, 1.54) is 154 Å². The molecule has 0 saturated carbocycles. The van der Waals surface area contributed by atoms with Gasteiger partial charge in [-0.25, -0.2) is 0 Å². The molecule has 624 valence electrons. The molecule has 4 aliphatic heterocycles. The predicted molar refractivity (Wildman–Crippen MR) is 459 cm³/mol. The van der Waals surface area contributed by atoms with Crippen LogP contribution in [0.25, 0.3) is 0 Å². The lowest BCUT2D eigenvalue weighted by Gasteiger charge is -2.37. The molecule has 1 aliphatic carbocycles. The van der Waals surface area contributed by atoms with Crippen molar-refractivity contribution in [1.29, 1.82) is 0 Å². The van der Waals surface area contributed by atoms with Gasteiger partial charge in [0.25, 0.3) is 0 Å². The number of hydrogen-bond acceptors (Lipinski definition) is 16. The zero-order chi connectivity index (χ0) is 79.6. The quantitative estimate of drug-likeness (QED) is 0.0331. The molecule has 0 amide bonds. The van der Waals surface area contributed by atoms with E-state index >= 15 is 0 Å². The van der Waals surface area contributed by atoms with E-state index in [0.717, 1.165) is 169 Å². The SMILES string of the molecule is CCCCCCCCCCCC1c2cc3c4c(OCc5ccncc5)c2OCOc2c1cc1c(c2OCc2ccncc2)OCOc2c(cc5c(c2OCc2ccncc2)OCOc2c(cc(c(c2OCc2ccncc2)OCO4)C3CCCCCCCCCCC)C5CCCCCCCCCCC)C1CCCCCCCCCCC. The van der Waals surface area contributed by atoms with E-state index in [2.05, 4.69) is 71.9 Å². The third-order valence-electron chi connectivity index (χ3n) is 24.5. The zero-order valence-electron chi connectivity index (χ0n) is 70.5. The summed E-state index contributed by atoms with van der Waals surface area (Å²) in [4.78, 5) is 17.8. The highest BCUT2D eigenvalue weighted by Crippen LogP contribution is 2.63. The lowest BCUT2D eigenvalue weighted by Crippen LogP contribution is -2.24. The molecule has 116 heavy (non-hydrogen) atoms. The smallest absolute Gasteiger partial charge is 0.231 e. The summed E-state index contributed by atoms with van der Waals surface area (Å²) < 4.78 is 88.9. The Balaban J connectivity index is 1.10. The molecule has 0 radical (unpaired) electrons. The van der Waals surface area contributed by atoms with Crippen LogP contribution in [0, 0.1) is 0 Å². The summed E-state index contributed by atoms with van der Waals surface area (Å²) in [6.45, 7) is 9.33. The van der Waals surface area contributed by atoms with E-state index in [9.17, 15) is 0 Å². The van der Waals surface area contributed by atoms with Crippen LogP contribution in [0.15, 0.2) is 122 Å². The topological polar surface area (TPSA) is 162 Å². The van der Waals surface area contributed by atoms with Crippen molar-refractivity contribution in [2.24, 2.45) is 0 Å². The van der Waals surface area contributed by atoms with Crippen molar-refractivity contribution in [3.05, 3.63) is 189 Å². The third-order valence-corrected chi connectivity index (χ3v) is 24.5. The van der Waals surface area contributed by atoms with Gasteiger partial charge in [-0.2, -0.15) is 0 Å². The van der Waals surface area contributed by atoms with Crippen LogP contribution >= 0.6 is 0 Å². The van der Waals surface area contributed by atoms with Crippen LogP contribution in [-0.2, 0) is 26.4 Å². The molecule has 8 aromatic rings. The number of pyridine rings is 4. The van der Waals surface area contributed by atoms with Crippen molar-refractivity contribution in [3.63, 3.8) is 0 Å². The maximum absolute atomic E-state index is 7.49. The summed E-state index contributed by atoms with van der Waals surface area (Å²) in [5.41, 5.74) is 11.8. The van der Waals surface area contributed by atoms with Crippen LogP contribution in [0.1, 0.15) is 375 Å². The molecule has 16 heteroatoms. The van der Waals surface area contributed by atoms with Gasteiger partial charge in [0.05, 0.1) is 0 Å². The van der Waals surface area contributed by atoms with Gasteiger partial charge in [0.2, 0.25) is 50.2 Å². The van der Waals surface area contributed by atoms with Gasteiger partial charge < -0.3 is 56.8 Å². The van der Waals surface area contributed by atoms with E-state index in [-0.39, 0.29) is 77.3 Å². The van der Waals surface area contributed by atoms with Gasteiger partial charge in [0.1, 0.15) is 26.4 Å². The molecule has 0 unspecified atom stereocenters. The van der Waals surface area contributed by atoms with Crippen molar-refractivity contribution in [2.75, 3.05) is 27.2 Å². The first-order chi connectivity index (χ1) is 57.5. The Bertz CT molecular complexity index is 3580. The first-order valence-electron chi connectivity index (χ1n) is 45.4. The standard InChI is InChI=1S/C100H132N4O12/c1-5-9-13-17-21-25-29-33-37-41-77-81-61-83-78(42-38-34-30-26-22-18-14-10-6-2)85-63-87-80(44-40-36-32-28-24-20-16-12-8-4)88-64-86-79(43-39-35-31-27-23-19-15-11-7-3)84-62-82(77)90-98(106-66-74-47-55-102-56-48-74)92(84)112-71-114-94(86)100(108-68-76-51-59-104-60-52-76)96(88)116-72-115-95(87)99(107-67-75-49-57-103-58-50-75)93(85)113-70-111-91(83)97(89(81)109-69-110-90)105-65-73-45-53-101-54-46-73/h45-64,77-80H,5-44,65-72H2,1-4H3. The van der Waals surface area contributed by atoms with Gasteiger partial charge in [0, 0.05) is 118 Å². The van der Waals surface area contributed by atoms with Gasteiger partial charge in [-0.1, -0.05) is 259 Å². The molecule has 8 heterocycles. The van der Waals surface area contributed by atoms with Crippen LogP contribution in [0.4, 0.5) is 0 Å². The number of ether oxygens (including phenoxy) is 12. The monoisotopic (exact) mass is 1580 g/mol. The van der Waals surface area contributed by atoms with E-state index in [4.69, 9.17) is 56.8 Å². The van der Waals surface area contributed by atoms with Crippen molar-refractivity contribution in [1.82, 2.24) is 19.9 Å². The molecule has 0 spiro atoms. The average molecular weight is 1580 g/mol. The van der Waals surface area contributed by atoms with Crippen molar-refractivity contribution < 1.29 is 56.8 Å². The second-order valence-corrected chi connectivity index (χ2v) is 33.1. The van der Waals surface area contributed by atoms with E-state index in [1.807, 2.05) is 98.1 Å². The number of nitrogens with zero attached hydrogens (tertiary/aromatic N) is 4. The molecule has 5 aliphatic rings. The van der Waals surface area contributed by atoms with Crippen LogP contribution in [0.5, 0.6) is 69.0 Å². The van der Waals surface area contributed by atoms with E-state index in [1.54, 1.807) is 0 Å². The van der Waals surface area contributed by atoms with Gasteiger partial charge >= 0.3 is 0 Å². The highest BCUT2D eigenvalue weighted by molar-refractivity contribution is 5.73. The molecular weight excluding hydrogens is 1450 g/mol. The molecule has 0 N–H and O–H groups in total. The van der Waals surface area contributed by atoms with Gasteiger partial charge in [-0.05, 0) is 121 Å². The Morgan fingerprint density at radius 1 is 0.224 bits per heavy atom. The fraction of sp³-hybridized carbons (Fsp3) is 0.560. The number of aromatic nitrogens is 4. The van der Waals surface area contributed by atoms with Crippen LogP contribution in [-0.4, -0.2) is 47.1 Å². The Morgan fingerprint density at radius 2 is 0.379 bits per heavy atom. The van der Waals surface area contributed by atoms with Crippen molar-refractivity contribution in [2.45, 2.75) is 335 Å². The zero-order valence-corrected chi connectivity index (χ0v) is 70.5. The minimum Gasteiger partial charge on any atom is -0.482 e. The lowest BCUT2D eigenvalue weighted by molar-refractivity contribution is 0.0811. The summed E-state index contributed by atoms with van der Waals surface area (Å²) in [5, 5.41) is 0. The molecule has 4 aromatic carbocycles. The molecule has 16 nitrogen and oxygen atoms in total.